The van der Waals surface area contributed by atoms with Gasteiger partial charge in [0.25, 0.3) is 0 Å². The van der Waals surface area contributed by atoms with Crippen molar-refractivity contribution in [3.63, 3.8) is 0 Å². The second-order valence-corrected chi connectivity index (χ2v) is 4.66. The van der Waals surface area contributed by atoms with Crippen molar-refractivity contribution < 1.29 is 14.7 Å². The largest absolute Gasteiger partial charge is 0.465 e. The average Bonchev–Trinajstić information content (AvgIpc) is 3.08. The summed E-state index contributed by atoms with van der Waals surface area (Å²) in [5.41, 5.74) is 0.781. The zero-order chi connectivity index (χ0) is 13.6. The number of aromatic nitrogens is 3. The van der Waals surface area contributed by atoms with Crippen LogP contribution in [0, 0.1) is 0 Å². The molecule has 19 heavy (non-hydrogen) atoms. The number of carbonyl (C=O) groups excluding carboxylic acids is 1. The number of rotatable bonds is 3. The van der Waals surface area contributed by atoms with Crippen molar-refractivity contribution in [2.24, 2.45) is 0 Å². The van der Waals surface area contributed by atoms with Crippen LogP contribution in [-0.2, 0) is 0 Å². The Hall–Kier alpha value is -2.15. The lowest BCUT2D eigenvalue weighted by Gasteiger charge is -2.18. The topological polar surface area (TPSA) is 87.8 Å². The zero-order valence-corrected chi connectivity index (χ0v) is 10.4. The number of hydrogen-bond acceptors (Lipinski definition) is 4. The van der Waals surface area contributed by atoms with Gasteiger partial charge in [0.1, 0.15) is 5.15 Å². The molecule has 2 aromatic heterocycles. The van der Waals surface area contributed by atoms with Gasteiger partial charge in [0, 0.05) is 12.1 Å². The molecule has 98 valence electrons. The number of carboxylic acid groups (broad SMARTS) is 1. The van der Waals surface area contributed by atoms with E-state index in [2.05, 4.69) is 10.1 Å². The molecule has 1 aliphatic carbocycles. The Balaban J connectivity index is 2.24. The first kappa shape index (κ1) is 11.9. The molecule has 8 heteroatoms. The van der Waals surface area contributed by atoms with Crippen LogP contribution in [0.4, 0.5) is 10.7 Å². The summed E-state index contributed by atoms with van der Waals surface area (Å²) in [5, 5.41) is 13.4. The van der Waals surface area contributed by atoms with Crippen molar-refractivity contribution >= 4 is 35.4 Å². The molecule has 7 nitrogen and oxygen atoms in total. The molecular formula is C11H9ClN4O3. The molecular weight excluding hydrogens is 272 g/mol. The highest BCUT2D eigenvalue weighted by molar-refractivity contribution is 6.30. The van der Waals surface area contributed by atoms with E-state index in [0.717, 1.165) is 17.7 Å². The van der Waals surface area contributed by atoms with Crippen LogP contribution in [0.1, 0.15) is 23.2 Å². The molecule has 0 atom stereocenters. The first-order chi connectivity index (χ1) is 9.11. The number of fused-ring (bicyclic) bond motifs is 1. The zero-order valence-electron chi connectivity index (χ0n) is 9.65. The molecule has 1 N–H and O–H groups in total. The minimum atomic E-state index is -1.11. The molecule has 0 saturated heterocycles. The third-order valence-corrected chi connectivity index (χ3v) is 3.14. The summed E-state index contributed by atoms with van der Waals surface area (Å²) in [5.74, 6) is 0.116. The highest BCUT2D eigenvalue weighted by atomic mass is 35.5. The van der Waals surface area contributed by atoms with E-state index in [0.29, 0.717) is 17.4 Å². The van der Waals surface area contributed by atoms with E-state index in [1.807, 2.05) is 0 Å². The van der Waals surface area contributed by atoms with Gasteiger partial charge in [-0.25, -0.2) is 14.7 Å². The van der Waals surface area contributed by atoms with Crippen molar-refractivity contribution in [1.29, 1.82) is 0 Å². The molecule has 0 spiro atoms. The molecule has 0 bridgehead atoms. The minimum Gasteiger partial charge on any atom is -0.465 e. The molecule has 0 aliphatic heterocycles. The van der Waals surface area contributed by atoms with Crippen molar-refractivity contribution in [2.45, 2.75) is 18.9 Å². The maximum absolute atomic E-state index is 11.3. The van der Waals surface area contributed by atoms with Crippen molar-refractivity contribution in [3.05, 3.63) is 23.0 Å². The van der Waals surface area contributed by atoms with Crippen LogP contribution in [0.5, 0.6) is 0 Å². The maximum Gasteiger partial charge on any atom is 0.414 e. The van der Waals surface area contributed by atoms with Gasteiger partial charge >= 0.3 is 6.09 Å². The maximum atomic E-state index is 11.3. The monoisotopic (exact) mass is 280 g/mol. The molecule has 0 radical (unpaired) electrons. The molecule has 1 amide bonds. The first-order valence-corrected chi connectivity index (χ1v) is 6.01. The van der Waals surface area contributed by atoms with Gasteiger partial charge in [-0.15, -0.1) is 0 Å². The van der Waals surface area contributed by atoms with Gasteiger partial charge in [0.05, 0.1) is 17.3 Å². The van der Waals surface area contributed by atoms with Gasteiger partial charge in [-0.2, -0.15) is 9.61 Å². The number of nitrogens with zero attached hydrogens (tertiary/aromatic N) is 4. The molecule has 1 aliphatic rings. The van der Waals surface area contributed by atoms with E-state index < -0.39 is 6.09 Å². The van der Waals surface area contributed by atoms with E-state index in [9.17, 15) is 14.7 Å². The molecule has 3 rings (SSSR count). The van der Waals surface area contributed by atoms with Crippen molar-refractivity contribution in [3.8, 4) is 0 Å². The SMILES string of the molecule is O=Cc1cnn2c(N(C(=O)O)C3CC3)nc(Cl)cc12. The second-order valence-electron chi connectivity index (χ2n) is 4.28. The van der Waals surface area contributed by atoms with Gasteiger partial charge in [0.15, 0.2) is 6.29 Å². The van der Waals surface area contributed by atoms with Crippen LogP contribution in [0.25, 0.3) is 5.52 Å². The van der Waals surface area contributed by atoms with E-state index >= 15 is 0 Å². The van der Waals surface area contributed by atoms with Crippen LogP contribution in [0.3, 0.4) is 0 Å². The smallest absolute Gasteiger partial charge is 0.414 e. The fourth-order valence-corrected chi connectivity index (χ4v) is 2.13. The Morgan fingerprint density at radius 3 is 2.89 bits per heavy atom. The predicted molar refractivity (Wildman–Crippen MR) is 66.9 cm³/mol. The van der Waals surface area contributed by atoms with Crippen LogP contribution in [0.2, 0.25) is 5.15 Å². The summed E-state index contributed by atoms with van der Waals surface area (Å²) in [6.45, 7) is 0. The number of hydrogen-bond donors (Lipinski definition) is 1. The highest BCUT2D eigenvalue weighted by Gasteiger charge is 2.36. The quantitative estimate of drug-likeness (QED) is 0.684. The average molecular weight is 281 g/mol. The Bertz CT molecular complexity index is 680. The lowest BCUT2D eigenvalue weighted by molar-refractivity contribution is 0.112. The van der Waals surface area contributed by atoms with Crippen molar-refractivity contribution in [1.82, 2.24) is 14.6 Å². The Labute approximate surface area is 112 Å². The summed E-state index contributed by atoms with van der Waals surface area (Å²) in [7, 11) is 0. The number of halogens is 1. The summed E-state index contributed by atoms with van der Waals surface area (Å²) >= 11 is 5.90. The fraction of sp³-hybridized carbons (Fsp3) is 0.273. The number of amides is 1. The first-order valence-electron chi connectivity index (χ1n) is 5.63. The minimum absolute atomic E-state index is 0.101. The summed E-state index contributed by atoms with van der Waals surface area (Å²) in [4.78, 5) is 27.4. The predicted octanol–water partition coefficient (Wildman–Crippen LogP) is 1.84. The lowest BCUT2D eigenvalue weighted by Crippen LogP contribution is -2.34. The van der Waals surface area contributed by atoms with E-state index in [1.54, 1.807) is 0 Å². The van der Waals surface area contributed by atoms with Gasteiger partial charge in [0.2, 0.25) is 5.95 Å². The molecule has 1 fully saturated rings. The fourth-order valence-electron chi connectivity index (χ4n) is 1.95. The standard InChI is InChI=1S/C11H9ClN4O3/c12-9-3-8-6(5-17)4-13-16(8)10(14-9)15(11(18)19)7-1-2-7/h3-5,7H,1-2H2,(H,18,19). The van der Waals surface area contributed by atoms with E-state index in [4.69, 9.17) is 11.6 Å². The molecule has 2 aromatic rings. The van der Waals surface area contributed by atoms with Gasteiger partial charge < -0.3 is 5.11 Å². The second kappa shape index (κ2) is 4.20. The molecule has 0 aromatic carbocycles. The van der Waals surface area contributed by atoms with Crippen molar-refractivity contribution in [2.75, 3.05) is 4.90 Å². The van der Waals surface area contributed by atoms with E-state index in [1.165, 1.54) is 16.8 Å². The van der Waals surface area contributed by atoms with Crippen LogP contribution >= 0.6 is 11.6 Å². The summed E-state index contributed by atoms with van der Waals surface area (Å²) in [6.07, 6.45) is 2.45. The summed E-state index contributed by atoms with van der Waals surface area (Å²) < 4.78 is 1.32. The molecule has 0 unspecified atom stereocenters. The third-order valence-electron chi connectivity index (χ3n) is 2.95. The lowest BCUT2D eigenvalue weighted by atomic mass is 10.3. The van der Waals surface area contributed by atoms with Gasteiger partial charge in [-0.05, 0) is 12.8 Å². The number of anilines is 1. The number of aldehydes is 1. The molecule has 2 heterocycles. The highest BCUT2D eigenvalue weighted by Crippen LogP contribution is 2.32. The van der Waals surface area contributed by atoms with Crippen LogP contribution < -0.4 is 4.90 Å². The normalized spacial score (nSPS) is 14.6. The Morgan fingerprint density at radius 1 is 1.58 bits per heavy atom. The van der Waals surface area contributed by atoms with Gasteiger partial charge in [-0.1, -0.05) is 11.6 Å². The van der Waals surface area contributed by atoms with E-state index in [-0.39, 0.29) is 17.1 Å². The summed E-state index contributed by atoms with van der Waals surface area (Å²) in [6, 6.07) is 1.38. The van der Waals surface area contributed by atoms with Gasteiger partial charge in [-0.3, -0.25) is 4.79 Å². The Morgan fingerprint density at radius 2 is 2.32 bits per heavy atom. The molecule has 1 saturated carbocycles. The number of carbonyl (C=O) groups is 2. The third kappa shape index (κ3) is 1.91. The van der Waals surface area contributed by atoms with Crippen LogP contribution in [0.15, 0.2) is 12.3 Å². The Kier molecular flexibility index (Phi) is 2.63. The van der Waals surface area contributed by atoms with Crippen LogP contribution in [-0.4, -0.2) is 38.1 Å².